The van der Waals surface area contributed by atoms with E-state index in [4.69, 9.17) is 28.3 Å². The summed E-state index contributed by atoms with van der Waals surface area (Å²) >= 11 is 5.66. The first-order chi connectivity index (χ1) is 15.2. The number of halogens is 1. The molecule has 1 amide bonds. The molecule has 0 saturated carbocycles. The van der Waals surface area contributed by atoms with Crippen molar-refractivity contribution in [3.63, 3.8) is 0 Å². The molecule has 0 aromatic heterocycles. The van der Waals surface area contributed by atoms with Gasteiger partial charge in [-0.25, -0.2) is 9.24 Å². The average Bonchev–Trinajstić information content (AvgIpc) is 3.32. The molecule has 32 heavy (non-hydrogen) atoms. The number of hydrogen-bond donors (Lipinski definition) is 0. The maximum atomic E-state index is 14.9. The summed E-state index contributed by atoms with van der Waals surface area (Å²) in [5, 5.41) is 0.256. The summed E-state index contributed by atoms with van der Waals surface area (Å²) in [7, 11) is 0. The Morgan fingerprint density at radius 1 is 1.28 bits per heavy atom. The highest BCUT2D eigenvalue weighted by Crippen LogP contribution is 2.38. The lowest BCUT2D eigenvalue weighted by Crippen LogP contribution is -2.44. The fourth-order valence-corrected chi connectivity index (χ4v) is 4.55. The number of anilines is 2. The molecule has 6 nitrogen and oxygen atoms in total. The number of amides is 1. The van der Waals surface area contributed by atoms with Crippen LogP contribution in [0.1, 0.15) is 25.8 Å². The molecule has 0 aliphatic carbocycles. The highest BCUT2D eigenvalue weighted by atomic mass is 32.1. The number of thiocarbonyl (C=S) groups is 1. The van der Waals surface area contributed by atoms with Gasteiger partial charge in [0.05, 0.1) is 19.8 Å². The van der Waals surface area contributed by atoms with E-state index < -0.39 is 11.4 Å². The van der Waals surface area contributed by atoms with Gasteiger partial charge in [0.15, 0.2) is 22.4 Å². The van der Waals surface area contributed by atoms with Crippen LogP contribution in [0.25, 0.3) is 4.85 Å². The Balaban J connectivity index is 1.61. The van der Waals surface area contributed by atoms with Crippen LogP contribution in [-0.2, 0) is 9.53 Å². The molecule has 2 aliphatic heterocycles. The minimum Gasteiger partial charge on any atom is -0.490 e. The second-order valence-electron chi connectivity index (χ2n) is 8.56. The van der Waals surface area contributed by atoms with Crippen LogP contribution in [-0.4, -0.2) is 36.4 Å². The number of carbonyl (C=O) groups is 1. The predicted octanol–water partition coefficient (Wildman–Crippen LogP) is 5.02. The van der Waals surface area contributed by atoms with E-state index in [9.17, 15) is 9.18 Å². The Morgan fingerprint density at radius 2 is 2.03 bits per heavy atom. The Kier molecular flexibility index (Phi) is 5.89. The lowest BCUT2D eigenvalue weighted by atomic mass is 10.0. The highest BCUT2D eigenvalue weighted by Gasteiger charge is 2.50. The van der Waals surface area contributed by atoms with Crippen LogP contribution in [0.2, 0.25) is 0 Å². The fraction of sp³-hybridized carbons (Fsp3) is 0.375. The minimum absolute atomic E-state index is 0.164. The van der Waals surface area contributed by atoms with E-state index in [2.05, 4.69) is 4.85 Å². The summed E-state index contributed by atoms with van der Waals surface area (Å²) in [6.07, 6.45) is 0.907. The first kappa shape index (κ1) is 22.2. The second-order valence-corrected chi connectivity index (χ2v) is 8.92. The quantitative estimate of drug-likeness (QED) is 0.470. The zero-order chi connectivity index (χ0) is 23.0. The van der Waals surface area contributed by atoms with E-state index >= 15 is 0 Å². The van der Waals surface area contributed by atoms with Crippen molar-refractivity contribution in [1.29, 1.82) is 0 Å². The van der Waals surface area contributed by atoms with Crippen molar-refractivity contribution in [2.45, 2.75) is 32.7 Å². The Hall–Kier alpha value is -3.02. The first-order valence-corrected chi connectivity index (χ1v) is 10.8. The van der Waals surface area contributed by atoms with Crippen molar-refractivity contribution in [2.24, 2.45) is 5.92 Å². The maximum Gasteiger partial charge on any atom is 0.259 e. The molecule has 0 N–H and O–H groups in total. The van der Waals surface area contributed by atoms with Gasteiger partial charge in [-0.3, -0.25) is 9.69 Å². The van der Waals surface area contributed by atoms with E-state index in [1.165, 1.54) is 11.0 Å². The molecule has 2 aromatic rings. The first-order valence-electron chi connectivity index (χ1n) is 10.4. The van der Waals surface area contributed by atoms with Crippen LogP contribution in [0.3, 0.4) is 0 Å². The molecule has 2 aromatic carbocycles. The van der Waals surface area contributed by atoms with Crippen molar-refractivity contribution in [3.8, 4) is 5.75 Å². The molecule has 2 saturated heterocycles. The van der Waals surface area contributed by atoms with Crippen LogP contribution < -0.4 is 14.5 Å². The van der Waals surface area contributed by atoms with Gasteiger partial charge in [0.25, 0.3) is 5.91 Å². The SMILES string of the molecule is [C-]#[N+]c1ccc(N2C(=O)C(C)(C)N(c3ccc(OCC4CCOC4)c(F)c3)C2=S)cc1C. The summed E-state index contributed by atoms with van der Waals surface area (Å²) in [4.78, 5) is 19.9. The third-order valence-corrected chi connectivity index (χ3v) is 6.26. The summed E-state index contributed by atoms with van der Waals surface area (Å²) in [5.41, 5.74) is 1.31. The molecule has 2 heterocycles. The van der Waals surface area contributed by atoms with Crippen molar-refractivity contribution < 1.29 is 18.7 Å². The standard InChI is InChI=1S/C24H24FN3O3S/c1-15-11-17(5-7-20(15)26-4)27-22(29)24(2,3)28(23(27)32)18-6-8-21(19(25)12-18)31-14-16-9-10-30-13-16/h5-8,11-12,16H,9-10,13-14H2,1-3H3. The maximum absolute atomic E-state index is 14.9. The lowest BCUT2D eigenvalue weighted by molar-refractivity contribution is -0.120. The van der Waals surface area contributed by atoms with Crippen molar-refractivity contribution in [3.05, 3.63) is 59.2 Å². The van der Waals surface area contributed by atoms with Gasteiger partial charge in [-0.05, 0) is 69.2 Å². The molecule has 2 aliphatic rings. The van der Waals surface area contributed by atoms with E-state index in [1.54, 1.807) is 49.1 Å². The molecule has 166 valence electrons. The van der Waals surface area contributed by atoms with Gasteiger partial charge in [0.1, 0.15) is 5.54 Å². The van der Waals surface area contributed by atoms with E-state index in [0.29, 0.717) is 36.9 Å². The molecular formula is C24H24FN3O3S. The number of nitrogens with zero attached hydrogens (tertiary/aromatic N) is 3. The van der Waals surface area contributed by atoms with Gasteiger partial charge < -0.3 is 14.4 Å². The molecule has 0 spiro atoms. The number of benzene rings is 2. The van der Waals surface area contributed by atoms with Crippen LogP contribution in [0, 0.1) is 25.2 Å². The zero-order valence-corrected chi connectivity index (χ0v) is 19.0. The third-order valence-electron chi connectivity index (χ3n) is 5.90. The molecule has 4 rings (SSSR count). The minimum atomic E-state index is -1.01. The third kappa shape index (κ3) is 3.83. The van der Waals surface area contributed by atoms with Gasteiger partial charge in [-0.1, -0.05) is 6.07 Å². The lowest BCUT2D eigenvalue weighted by Gasteiger charge is -2.29. The van der Waals surface area contributed by atoms with Gasteiger partial charge >= 0.3 is 0 Å². The Labute approximate surface area is 192 Å². The average molecular weight is 454 g/mol. The largest absolute Gasteiger partial charge is 0.490 e. The molecule has 1 unspecified atom stereocenters. The fourth-order valence-electron chi connectivity index (χ4n) is 4.03. The number of aryl methyl sites for hydroxylation is 1. The van der Waals surface area contributed by atoms with Gasteiger partial charge in [0, 0.05) is 30.0 Å². The molecule has 1 atom stereocenters. The summed E-state index contributed by atoms with van der Waals surface area (Å²) in [6.45, 7) is 14.3. The van der Waals surface area contributed by atoms with Crippen LogP contribution >= 0.6 is 12.2 Å². The molecule has 8 heteroatoms. The summed E-state index contributed by atoms with van der Waals surface area (Å²) in [6, 6.07) is 9.77. The van der Waals surface area contributed by atoms with E-state index in [-0.39, 0.29) is 22.7 Å². The molecule has 0 radical (unpaired) electrons. The van der Waals surface area contributed by atoms with Crippen molar-refractivity contribution in [2.75, 3.05) is 29.6 Å². The topological polar surface area (TPSA) is 46.4 Å². The molecule has 2 fully saturated rings. The van der Waals surface area contributed by atoms with Crippen molar-refractivity contribution >= 4 is 40.3 Å². The number of ether oxygens (including phenoxy) is 2. The molecular weight excluding hydrogens is 429 g/mol. The monoisotopic (exact) mass is 453 g/mol. The Bertz CT molecular complexity index is 1120. The zero-order valence-electron chi connectivity index (χ0n) is 18.2. The van der Waals surface area contributed by atoms with E-state index in [1.807, 2.05) is 6.92 Å². The highest BCUT2D eigenvalue weighted by molar-refractivity contribution is 7.81. The van der Waals surface area contributed by atoms with Crippen molar-refractivity contribution in [1.82, 2.24) is 0 Å². The normalized spacial score (nSPS) is 20.0. The summed E-state index contributed by atoms with van der Waals surface area (Å²) in [5.74, 6) is -0.303. The van der Waals surface area contributed by atoms with E-state index in [0.717, 1.165) is 12.0 Å². The number of rotatable bonds is 5. The smallest absolute Gasteiger partial charge is 0.259 e. The number of carbonyl (C=O) groups excluding carboxylic acids is 1. The van der Waals surface area contributed by atoms with Gasteiger partial charge in [-0.15, -0.1) is 0 Å². The Morgan fingerprint density at radius 3 is 2.66 bits per heavy atom. The van der Waals surface area contributed by atoms with Gasteiger partial charge in [0.2, 0.25) is 0 Å². The van der Waals surface area contributed by atoms with Crippen LogP contribution in [0.5, 0.6) is 5.75 Å². The summed E-state index contributed by atoms with van der Waals surface area (Å²) < 4.78 is 25.8. The van der Waals surface area contributed by atoms with Crippen LogP contribution in [0.4, 0.5) is 21.5 Å². The number of hydrogen-bond acceptors (Lipinski definition) is 4. The molecule has 0 bridgehead atoms. The van der Waals surface area contributed by atoms with Gasteiger partial charge in [-0.2, -0.15) is 0 Å². The predicted molar refractivity (Wildman–Crippen MR) is 125 cm³/mol. The second kappa shape index (κ2) is 8.49. The van der Waals surface area contributed by atoms with Crippen LogP contribution in [0.15, 0.2) is 36.4 Å².